The first-order valence-corrected chi connectivity index (χ1v) is 9.75. The van der Waals surface area contributed by atoms with Gasteiger partial charge in [0.1, 0.15) is 5.82 Å². The lowest BCUT2D eigenvalue weighted by Gasteiger charge is -2.08. The van der Waals surface area contributed by atoms with Gasteiger partial charge in [0.15, 0.2) is 12.3 Å². The highest BCUT2D eigenvalue weighted by Gasteiger charge is 2.17. The summed E-state index contributed by atoms with van der Waals surface area (Å²) in [4.78, 5) is 24.8. The van der Waals surface area contributed by atoms with E-state index in [0.29, 0.717) is 28.4 Å². The van der Waals surface area contributed by atoms with Gasteiger partial charge in [-0.3, -0.25) is 9.20 Å². The molecule has 3 heterocycles. The van der Waals surface area contributed by atoms with Gasteiger partial charge in [-0.1, -0.05) is 17.7 Å². The van der Waals surface area contributed by atoms with Crippen molar-refractivity contribution in [3.63, 3.8) is 0 Å². The molecule has 9 nitrogen and oxygen atoms in total. The minimum absolute atomic E-state index is 0.308. The van der Waals surface area contributed by atoms with Crippen molar-refractivity contribution >= 4 is 23.2 Å². The number of pyridine rings is 1. The molecule has 4 aromatic rings. The average Bonchev–Trinajstić information content (AvgIpc) is 3.27. The van der Waals surface area contributed by atoms with Gasteiger partial charge in [-0.25, -0.2) is 9.48 Å². The van der Waals surface area contributed by atoms with Crippen LogP contribution in [0.15, 0.2) is 42.6 Å². The van der Waals surface area contributed by atoms with Crippen LogP contribution in [0.1, 0.15) is 33.1 Å². The summed E-state index contributed by atoms with van der Waals surface area (Å²) in [5.74, 6) is -0.391. The molecule has 9 heteroatoms. The molecule has 0 aliphatic heterocycles. The van der Waals surface area contributed by atoms with E-state index in [1.54, 1.807) is 34.3 Å². The zero-order valence-electron chi connectivity index (χ0n) is 17.7. The number of fused-ring (bicyclic) bond motifs is 1. The minimum Gasteiger partial charge on any atom is -0.452 e. The van der Waals surface area contributed by atoms with Crippen molar-refractivity contribution in [1.29, 1.82) is 0 Å². The van der Waals surface area contributed by atoms with E-state index in [9.17, 15) is 9.59 Å². The Morgan fingerprint density at radius 3 is 2.48 bits per heavy atom. The standard InChI is InChI=1S/C22H22N6O3/c1-13-5-8-18(9-6-13)28-15(3)21(14(2)26-28)23-20(29)12-31-22(30)17-7-10-19-25-24-16(4)27(19)11-17/h5-11H,12H2,1-4H3,(H,23,29). The molecule has 31 heavy (non-hydrogen) atoms. The Morgan fingerprint density at radius 2 is 1.74 bits per heavy atom. The number of anilines is 1. The van der Waals surface area contributed by atoms with Crippen molar-refractivity contribution in [3.8, 4) is 5.69 Å². The Morgan fingerprint density at radius 1 is 1.00 bits per heavy atom. The molecule has 0 spiro atoms. The molecule has 1 aromatic carbocycles. The number of carbonyl (C=O) groups excluding carboxylic acids is 2. The average molecular weight is 418 g/mol. The molecule has 4 rings (SSSR count). The highest BCUT2D eigenvalue weighted by molar-refractivity contribution is 5.96. The molecular weight excluding hydrogens is 396 g/mol. The van der Waals surface area contributed by atoms with E-state index < -0.39 is 18.5 Å². The number of ether oxygens (including phenoxy) is 1. The number of nitrogens with zero attached hydrogens (tertiary/aromatic N) is 5. The third kappa shape index (κ3) is 4.02. The maximum atomic E-state index is 12.4. The summed E-state index contributed by atoms with van der Waals surface area (Å²) in [5.41, 5.74) is 5.05. The normalized spacial score (nSPS) is 11.0. The molecule has 0 aliphatic rings. The number of hydrogen-bond acceptors (Lipinski definition) is 6. The first-order valence-electron chi connectivity index (χ1n) is 9.75. The van der Waals surface area contributed by atoms with Gasteiger partial charge in [0, 0.05) is 6.20 Å². The van der Waals surface area contributed by atoms with Crippen LogP contribution in [-0.4, -0.2) is 42.9 Å². The van der Waals surface area contributed by atoms with E-state index in [-0.39, 0.29) is 0 Å². The predicted octanol–water partition coefficient (Wildman–Crippen LogP) is 2.94. The van der Waals surface area contributed by atoms with Crippen LogP contribution in [0.25, 0.3) is 11.3 Å². The molecule has 158 valence electrons. The second-order valence-electron chi connectivity index (χ2n) is 7.31. The summed E-state index contributed by atoms with van der Waals surface area (Å²) < 4.78 is 8.63. The Hall–Kier alpha value is -4.01. The smallest absolute Gasteiger partial charge is 0.340 e. The summed E-state index contributed by atoms with van der Waals surface area (Å²) in [7, 11) is 0. The third-order valence-electron chi connectivity index (χ3n) is 4.98. The van der Waals surface area contributed by atoms with Crippen LogP contribution in [0.2, 0.25) is 0 Å². The van der Waals surface area contributed by atoms with E-state index in [0.717, 1.165) is 16.9 Å². The Labute approximate surface area is 178 Å². The van der Waals surface area contributed by atoms with Gasteiger partial charge in [-0.2, -0.15) is 5.10 Å². The monoisotopic (exact) mass is 418 g/mol. The van der Waals surface area contributed by atoms with Crippen molar-refractivity contribution in [3.05, 3.63) is 70.9 Å². The third-order valence-corrected chi connectivity index (χ3v) is 4.98. The Kier molecular flexibility index (Phi) is 5.24. The molecule has 0 aliphatic carbocycles. The summed E-state index contributed by atoms with van der Waals surface area (Å²) in [6.07, 6.45) is 1.59. The topological polar surface area (TPSA) is 103 Å². The lowest BCUT2D eigenvalue weighted by atomic mass is 10.2. The molecule has 0 saturated heterocycles. The minimum atomic E-state index is -0.603. The molecule has 1 amide bonds. The van der Waals surface area contributed by atoms with Gasteiger partial charge < -0.3 is 10.1 Å². The number of aromatic nitrogens is 5. The fourth-order valence-corrected chi connectivity index (χ4v) is 3.28. The molecule has 1 N–H and O–H groups in total. The Balaban J connectivity index is 1.43. The van der Waals surface area contributed by atoms with Gasteiger partial charge in [-0.05, 0) is 52.0 Å². The first-order chi connectivity index (χ1) is 14.8. The largest absolute Gasteiger partial charge is 0.452 e. The summed E-state index contributed by atoms with van der Waals surface area (Å²) >= 11 is 0. The quantitative estimate of drug-likeness (QED) is 0.500. The van der Waals surface area contributed by atoms with Crippen LogP contribution in [0.4, 0.5) is 5.69 Å². The van der Waals surface area contributed by atoms with Gasteiger partial charge in [0.2, 0.25) is 0 Å². The van der Waals surface area contributed by atoms with Crippen molar-refractivity contribution in [2.75, 3.05) is 11.9 Å². The fourth-order valence-electron chi connectivity index (χ4n) is 3.28. The van der Waals surface area contributed by atoms with Gasteiger partial charge in [-0.15, -0.1) is 10.2 Å². The van der Waals surface area contributed by atoms with Crippen LogP contribution in [0.5, 0.6) is 0 Å². The predicted molar refractivity (Wildman–Crippen MR) is 114 cm³/mol. The van der Waals surface area contributed by atoms with Crippen LogP contribution in [0, 0.1) is 27.7 Å². The maximum Gasteiger partial charge on any atom is 0.340 e. The van der Waals surface area contributed by atoms with Crippen molar-refractivity contribution in [2.45, 2.75) is 27.7 Å². The highest BCUT2D eigenvalue weighted by atomic mass is 16.5. The van der Waals surface area contributed by atoms with Gasteiger partial charge >= 0.3 is 5.97 Å². The second kappa shape index (κ2) is 8.02. The number of aryl methyl sites for hydroxylation is 3. The lowest BCUT2D eigenvalue weighted by Crippen LogP contribution is -2.21. The van der Waals surface area contributed by atoms with E-state index in [1.165, 1.54) is 0 Å². The molecule has 0 saturated carbocycles. The first kappa shape index (κ1) is 20.3. The van der Waals surface area contributed by atoms with Crippen LogP contribution in [-0.2, 0) is 9.53 Å². The van der Waals surface area contributed by atoms with E-state index in [1.807, 2.05) is 45.0 Å². The van der Waals surface area contributed by atoms with Crippen molar-refractivity contribution in [1.82, 2.24) is 24.4 Å². The lowest BCUT2D eigenvalue weighted by molar-refractivity contribution is -0.119. The SMILES string of the molecule is Cc1ccc(-n2nc(C)c(NC(=O)COC(=O)c3ccc4nnc(C)n4c3)c2C)cc1. The Bertz CT molecular complexity index is 1290. The molecule has 0 atom stereocenters. The van der Waals surface area contributed by atoms with Crippen LogP contribution >= 0.6 is 0 Å². The van der Waals surface area contributed by atoms with Gasteiger partial charge in [0.25, 0.3) is 5.91 Å². The molecular formula is C22H22N6O3. The van der Waals surface area contributed by atoms with E-state index in [2.05, 4.69) is 20.6 Å². The number of nitrogens with one attached hydrogen (secondary N) is 1. The van der Waals surface area contributed by atoms with Crippen molar-refractivity contribution in [2.24, 2.45) is 0 Å². The maximum absolute atomic E-state index is 12.4. The molecule has 0 radical (unpaired) electrons. The molecule has 0 bridgehead atoms. The zero-order valence-corrected chi connectivity index (χ0v) is 17.7. The van der Waals surface area contributed by atoms with E-state index >= 15 is 0 Å². The molecule has 0 unspecified atom stereocenters. The highest BCUT2D eigenvalue weighted by Crippen LogP contribution is 2.23. The number of rotatable bonds is 5. The number of esters is 1. The summed E-state index contributed by atoms with van der Waals surface area (Å²) in [6, 6.07) is 11.2. The van der Waals surface area contributed by atoms with Crippen molar-refractivity contribution < 1.29 is 14.3 Å². The number of benzene rings is 1. The second-order valence-corrected chi connectivity index (χ2v) is 7.31. The fraction of sp³-hybridized carbons (Fsp3) is 0.227. The molecule has 0 fully saturated rings. The zero-order chi connectivity index (χ0) is 22.1. The number of hydrogen-bond donors (Lipinski definition) is 1. The van der Waals surface area contributed by atoms with Gasteiger partial charge in [0.05, 0.1) is 28.3 Å². The number of carbonyl (C=O) groups is 2. The molecule has 3 aromatic heterocycles. The summed E-state index contributed by atoms with van der Waals surface area (Å²) in [5, 5.41) is 15.2. The summed E-state index contributed by atoms with van der Waals surface area (Å²) in [6.45, 7) is 7.08. The van der Waals surface area contributed by atoms with E-state index in [4.69, 9.17) is 4.74 Å². The van der Waals surface area contributed by atoms with Crippen LogP contribution in [0.3, 0.4) is 0 Å². The van der Waals surface area contributed by atoms with Crippen LogP contribution < -0.4 is 5.32 Å². The number of amides is 1.